The molecule has 1 heterocycles. The third kappa shape index (κ3) is 6.89. The summed E-state index contributed by atoms with van der Waals surface area (Å²) in [5.74, 6) is 0.405. The second-order valence-corrected chi connectivity index (χ2v) is 7.12. The van der Waals surface area contributed by atoms with E-state index in [1.54, 1.807) is 31.4 Å². The van der Waals surface area contributed by atoms with Crippen LogP contribution in [0.25, 0.3) is 0 Å². The fourth-order valence-corrected chi connectivity index (χ4v) is 3.39. The maximum atomic E-state index is 12.2. The molecule has 0 radical (unpaired) electrons. The summed E-state index contributed by atoms with van der Waals surface area (Å²) in [5, 5.41) is 5.06. The lowest BCUT2D eigenvalue weighted by atomic mass is 10.2. The van der Waals surface area contributed by atoms with Gasteiger partial charge in [0.25, 0.3) is 0 Å². The second kappa shape index (κ2) is 10.6. The molecule has 1 fully saturated rings. The number of hydrogen-bond acceptors (Lipinski definition) is 5. The molecule has 1 aliphatic rings. The fourth-order valence-electron chi connectivity index (χ4n) is 3.39. The van der Waals surface area contributed by atoms with Crippen LogP contribution in [0.1, 0.15) is 12.0 Å². The molecule has 0 unspecified atom stereocenters. The Morgan fingerprint density at radius 2 is 1.62 bits per heavy atom. The number of rotatable bonds is 6. The third-order valence-corrected chi connectivity index (χ3v) is 4.90. The Morgan fingerprint density at radius 3 is 2.34 bits per heavy atom. The molecule has 0 aliphatic carbocycles. The summed E-state index contributed by atoms with van der Waals surface area (Å²) in [6.45, 7) is 4.70. The van der Waals surface area contributed by atoms with E-state index in [1.807, 2.05) is 6.07 Å². The second-order valence-electron chi connectivity index (χ2n) is 7.12. The van der Waals surface area contributed by atoms with Crippen molar-refractivity contribution >= 4 is 17.6 Å². The summed E-state index contributed by atoms with van der Waals surface area (Å²) in [6.07, 6.45) is 0.998. The van der Waals surface area contributed by atoms with Gasteiger partial charge in [-0.1, -0.05) is 30.3 Å². The molecule has 154 valence electrons. The average molecular weight is 396 g/mol. The zero-order valence-corrected chi connectivity index (χ0v) is 16.8. The van der Waals surface area contributed by atoms with Gasteiger partial charge in [0.2, 0.25) is 5.91 Å². The predicted octanol–water partition coefficient (Wildman–Crippen LogP) is 2.55. The molecule has 3 amide bonds. The van der Waals surface area contributed by atoms with E-state index in [-0.39, 0.29) is 12.5 Å². The first-order valence-electron chi connectivity index (χ1n) is 9.86. The first kappa shape index (κ1) is 20.8. The van der Waals surface area contributed by atoms with Crippen LogP contribution >= 0.6 is 0 Å². The van der Waals surface area contributed by atoms with Crippen molar-refractivity contribution in [2.24, 2.45) is 0 Å². The number of nitrogens with one attached hydrogen (secondary N) is 2. The molecular formula is C22H28N4O3. The molecule has 2 N–H and O–H groups in total. The largest absolute Gasteiger partial charge is 0.497 e. The van der Waals surface area contributed by atoms with Crippen molar-refractivity contribution in [1.29, 1.82) is 0 Å². The first-order valence-corrected chi connectivity index (χ1v) is 9.86. The van der Waals surface area contributed by atoms with Gasteiger partial charge in [0.05, 0.1) is 13.7 Å². The molecule has 7 nitrogen and oxygen atoms in total. The van der Waals surface area contributed by atoms with Crippen LogP contribution in [0, 0.1) is 0 Å². The van der Waals surface area contributed by atoms with Crippen molar-refractivity contribution in [3.05, 3.63) is 60.2 Å². The van der Waals surface area contributed by atoms with E-state index >= 15 is 0 Å². The fraction of sp³-hybridized carbons (Fsp3) is 0.364. The zero-order valence-electron chi connectivity index (χ0n) is 16.8. The third-order valence-electron chi connectivity index (χ3n) is 4.90. The van der Waals surface area contributed by atoms with Crippen LogP contribution in [-0.2, 0) is 11.3 Å². The van der Waals surface area contributed by atoms with Crippen LogP contribution < -0.4 is 15.4 Å². The van der Waals surface area contributed by atoms with Gasteiger partial charge in [-0.05, 0) is 49.3 Å². The highest BCUT2D eigenvalue weighted by Crippen LogP contribution is 2.14. The number of benzene rings is 2. The number of hydrogen-bond donors (Lipinski definition) is 2. The highest BCUT2D eigenvalue weighted by molar-refractivity contribution is 6.01. The summed E-state index contributed by atoms with van der Waals surface area (Å²) in [4.78, 5) is 28.8. The number of methoxy groups -OCH3 is 1. The number of anilines is 1. The van der Waals surface area contributed by atoms with Gasteiger partial charge in [-0.2, -0.15) is 0 Å². The minimum absolute atomic E-state index is 0.217. The topological polar surface area (TPSA) is 73.9 Å². The molecule has 1 aliphatic heterocycles. The summed E-state index contributed by atoms with van der Waals surface area (Å²) in [6, 6.07) is 16.8. The summed E-state index contributed by atoms with van der Waals surface area (Å²) < 4.78 is 5.08. The maximum Gasteiger partial charge on any atom is 0.325 e. The van der Waals surface area contributed by atoms with Crippen molar-refractivity contribution in [2.45, 2.75) is 13.0 Å². The molecule has 0 saturated carbocycles. The van der Waals surface area contributed by atoms with E-state index < -0.39 is 6.03 Å². The lowest BCUT2D eigenvalue weighted by Crippen LogP contribution is -2.42. The van der Waals surface area contributed by atoms with Gasteiger partial charge in [-0.15, -0.1) is 0 Å². The molecule has 1 saturated heterocycles. The summed E-state index contributed by atoms with van der Waals surface area (Å²) >= 11 is 0. The van der Waals surface area contributed by atoms with Gasteiger partial charge in [-0.25, -0.2) is 4.79 Å². The molecule has 2 aromatic carbocycles. The quantitative estimate of drug-likeness (QED) is 0.785. The molecule has 2 aromatic rings. The number of amides is 3. The zero-order chi connectivity index (χ0) is 20.5. The Hall–Kier alpha value is -2.90. The Morgan fingerprint density at radius 1 is 0.931 bits per heavy atom. The highest BCUT2D eigenvalue weighted by Gasteiger charge is 2.18. The van der Waals surface area contributed by atoms with E-state index in [2.05, 4.69) is 44.7 Å². The molecular weight excluding hydrogens is 368 g/mol. The molecule has 7 heteroatoms. The molecule has 0 aromatic heterocycles. The van der Waals surface area contributed by atoms with Gasteiger partial charge in [0.15, 0.2) is 0 Å². The van der Waals surface area contributed by atoms with Gasteiger partial charge in [0.1, 0.15) is 5.75 Å². The van der Waals surface area contributed by atoms with Crippen LogP contribution in [0.3, 0.4) is 0 Å². The first-order chi connectivity index (χ1) is 14.1. The minimum Gasteiger partial charge on any atom is -0.497 e. The minimum atomic E-state index is -0.527. The molecule has 0 atom stereocenters. The number of ether oxygens (including phenoxy) is 1. The molecule has 0 spiro atoms. The van der Waals surface area contributed by atoms with Crippen LogP contribution in [-0.4, -0.2) is 61.6 Å². The molecule has 29 heavy (non-hydrogen) atoms. The molecule has 3 rings (SSSR count). The van der Waals surface area contributed by atoms with Gasteiger partial charge >= 0.3 is 6.03 Å². The Labute approximate surface area is 171 Å². The lowest BCUT2D eigenvalue weighted by Gasteiger charge is -2.21. The Bertz CT molecular complexity index is 795. The number of imide groups is 1. The van der Waals surface area contributed by atoms with Crippen LogP contribution in [0.15, 0.2) is 54.6 Å². The summed E-state index contributed by atoms with van der Waals surface area (Å²) in [5.41, 5.74) is 1.90. The van der Waals surface area contributed by atoms with Crippen molar-refractivity contribution in [3.63, 3.8) is 0 Å². The smallest absolute Gasteiger partial charge is 0.325 e. The number of carbonyl (C=O) groups excluding carboxylic acids is 2. The van der Waals surface area contributed by atoms with Gasteiger partial charge < -0.3 is 10.1 Å². The monoisotopic (exact) mass is 396 g/mol. The normalized spacial score (nSPS) is 15.3. The number of urea groups is 1. The summed E-state index contributed by atoms with van der Waals surface area (Å²) in [7, 11) is 1.58. The Kier molecular flexibility index (Phi) is 7.61. The standard InChI is InChI=1S/C22H28N4O3/c1-29-20-10-8-19(9-11-20)23-22(28)24-21(27)17-26-13-5-12-25(14-15-26)16-18-6-3-2-4-7-18/h2-4,6-11H,5,12-17H2,1H3,(H2,23,24,27,28). The van der Waals surface area contributed by atoms with Crippen LogP contribution in [0.5, 0.6) is 5.75 Å². The van der Waals surface area contributed by atoms with E-state index in [9.17, 15) is 9.59 Å². The average Bonchev–Trinajstić information content (AvgIpc) is 2.94. The van der Waals surface area contributed by atoms with Gasteiger partial charge in [-0.3, -0.25) is 19.9 Å². The van der Waals surface area contributed by atoms with Crippen LogP contribution in [0.4, 0.5) is 10.5 Å². The lowest BCUT2D eigenvalue weighted by molar-refractivity contribution is -0.121. The van der Waals surface area contributed by atoms with Crippen molar-refractivity contribution in [2.75, 3.05) is 45.2 Å². The van der Waals surface area contributed by atoms with Crippen molar-refractivity contribution < 1.29 is 14.3 Å². The predicted molar refractivity (Wildman–Crippen MR) is 113 cm³/mol. The maximum absolute atomic E-state index is 12.2. The van der Waals surface area contributed by atoms with E-state index in [1.165, 1.54) is 5.56 Å². The highest BCUT2D eigenvalue weighted by atomic mass is 16.5. The van der Waals surface area contributed by atoms with Crippen molar-refractivity contribution in [3.8, 4) is 5.75 Å². The number of carbonyl (C=O) groups is 2. The molecule has 0 bridgehead atoms. The van der Waals surface area contributed by atoms with Crippen LogP contribution in [0.2, 0.25) is 0 Å². The van der Waals surface area contributed by atoms with E-state index in [4.69, 9.17) is 4.74 Å². The van der Waals surface area contributed by atoms with E-state index in [0.29, 0.717) is 11.4 Å². The van der Waals surface area contributed by atoms with Crippen molar-refractivity contribution in [1.82, 2.24) is 15.1 Å². The van der Waals surface area contributed by atoms with Gasteiger partial charge in [0, 0.05) is 25.3 Å². The Balaban J connectivity index is 1.41. The SMILES string of the molecule is COc1ccc(NC(=O)NC(=O)CN2CCCN(Cc3ccccc3)CC2)cc1. The number of nitrogens with zero attached hydrogens (tertiary/aromatic N) is 2. The van der Waals surface area contributed by atoms with E-state index in [0.717, 1.165) is 39.1 Å².